The molecule has 4 rings (SSSR count). The molecule has 1 aliphatic rings. The van der Waals surface area contributed by atoms with E-state index in [1.165, 1.54) is 17.3 Å². The van der Waals surface area contributed by atoms with Gasteiger partial charge in [0.2, 0.25) is 0 Å². The maximum atomic E-state index is 9.33. The number of aryl methyl sites for hydroxylation is 1. The van der Waals surface area contributed by atoms with Crippen LogP contribution in [-0.4, -0.2) is 16.0 Å². The minimum Gasteiger partial charge on any atom is -0.378 e. The van der Waals surface area contributed by atoms with Gasteiger partial charge in [-0.25, -0.2) is 0 Å². The fourth-order valence-electron chi connectivity index (χ4n) is 4.07. The molecule has 1 aromatic heterocycles. The Morgan fingerprint density at radius 2 is 2.14 bits per heavy atom. The zero-order valence-electron chi connectivity index (χ0n) is 16.7. The summed E-state index contributed by atoms with van der Waals surface area (Å²) >= 11 is 0. The van der Waals surface area contributed by atoms with Gasteiger partial charge in [-0.3, -0.25) is 4.68 Å². The first-order valence-electron chi connectivity index (χ1n) is 9.78. The molecular formula is C23H24N6. The summed E-state index contributed by atoms with van der Waals surface area (Å²) in [7, 11) is 1.88. The molecule has 1 heterocycles. The zero-order chi connectivity index (χ0) is 20.4. The molecule has 0 saturated carbocycles. The number of fused-ring (bicyclic) bond motifs is 1. The second-order valence-corrected chi connectivity index (χ2v) is 7.48. The summed E-state index contributed by atoms with van der Waals surface area (Å²) < 4.78 is 1.74. The van der Waals surface area contributed by atoms with Crippen LogP contribution in [0.4, 0.5) is 17.1 Å². The molecule has 0 saturated heterocycles. The molecule has 0 radical (unpaired) electrons. The van der Waals surface area contributed by atoms with Crippen LogP contribution in [0, 0.1) is 23.7 Å². The first-order chi connectivity index (χ1) is 14.1. The molecule has 0 unspecified atom stereocenters. The van der Waals surface area contributed by atoms with Crippen LogP contribution in [0.15, 0.2) is 42.7 Å². The smallest absolute Gasteiger partial charge is 0.0994 e. The fraction of sp³-hybridized carbons (Fsp3) is 0.261. The summed E-state index contributed by atoms with van der Waals surface area (Å²) in [5.74, 6) is 0. The van der Waals surface area contributed by atoms with Crippen molar-refractivity contribution in [3.05, 3.63) is 70.5 Å². The van der Waals surface area contributed by atoms with E-state index in [0.29, 0.717) is 0 Å². The van der Waals surface area contributed by atoms with E-state index in [-0.39, 0.29) is 6.04 Å². The Morgan fingerprint density at radius 1 is 1.28 bits per heavy atom. The molecule has 0 amide bonds. The van der Waals surface area contributed by atoms with Gasteiger partial charge < -0.3 is 16.0 Å². The average Bonchev–Trinajstić information content (AvgIpc) is 3.14. The lowest BCUT2D eigenvalue weighted by Gasteiger charge is -2.29. The summed E-state index contributed by atoms with van der Waals surface area (Å²) in [6.45, 7) is 2.05. The summed E-state index contributed by atoms with van der Waals surface area (Å²) in [5.41, 5.74) is 8.03. The highest BCUT2D eigenvalue weighted by molar-refractivity contribution is 5.88. The molecule has 1 aliphatic carbocycles. The number of hydrogen-bond acceptors (Lipinski definition) is 5. The van der Waals surface area contributed by atoms with Crippen LogP contribution in [0.2, 0.25) is 0 Å². The molecule has 146 valence electrons. The first kappa shape index (κ1) is 18.8. The lowest BCUT2D eigenvalue weighted by atomic mass is 9.83. The maximum Gasteiger partial charge on any atom is 0.0994 e. The van der Waals surface area contributed by atoms with Crippen molar-refractivity contribution in [3.8, 4) is 6.07 Å². The lowest BCUT2D eigenvalue weighted by Crippen LogP contribution is -2.18. The van der Waals surface area contributed by atoms with Gasteiger partial charge in [0.15, 0.2) is 0 Å². The second kappa shape index (κ2) is 7.80. The third-order valence-corrected chi connectivity index (χ3v) is 5.58. The Bertz CT molecular complexity index is 1110. The molecule has 1 atom stereocenters. The highest BCUT2D eigenvalue weighted by Crippen LogP contribution is 2.36. The number of anilines is 3. The van der Waals surface area contributed by atoms with E-state index in [1.54, 1.807) is 10.9 Å². The van der Waals surface area contributed by atoms with Gasteiger partial charge in [0, 0.05) is 36.4 Å². The van der Waals surface area contributed by atoms with E-state index in [1.807, 2.05) is 37.5 Å². The van der Waals surface area contributed by atoms with Gasteiger partial charge in [0.1, 0.15) is 0 Å². The van der Waals surface area contributed by atoms with Gasteiger partial charge in [-0.1, -0.05) is 6.07 Å². The summed E-state index contributed by atoms with van der Waals surface area (Å²) in [5, 5.41) is 28.2. The predicted molar refractivity (Wildman–Crippen MR) is 116 cm³/mol. The topological polar surface area (TPSA) is 89.5 Å². The van der Waals surface area contributed by atoms with E-state index in [4.69, 9.17) is 5.41 Å². The van der Waals surface area contributed by atoms with Crippen molar-refractivity contribution in [2.75, 3.05) is 10.6 Å². The Kier molecular flexibility index (Phi) is 5.05. The summed E-state index contributed by atoms with van der Waals surface area (Å²) in [4.78, 5) is 0. The van der Waals surface area contributed by atoms with Crippen LogP contribution in [0.1, 0.15) is 46.7 Å². The number of hydrogen-bond donors (Lipinski definition) is 3. The largest absolute Gasteiger partial charge is 0.378 e. The van der Waals surface area contributed by atoms with Gasteiger partial charge >= 0.3 is 0 Å². The van der Waals surface area contributed by atoms with Crippen LogP contribution in [0.25, 0.3) is 0 Å². The van der Waals surface area contributed by atoms with Crippen molar-refractivity contribution in [2.45, 2.75) is 32.2 Å². The van der Waals surface area contributed by atoms with E-state index >= 15 is 0 Å². The second-order valence-electron chi connectivity index (χ2n) is 7.48. The van der Waals surface area contributed by atoms with Crippen molar-refractivity contribution in [3.63, 3.8) is 0 Å². The van der Waals surface area contributed by atoms with Gasteiger partial charge in [0.25, 0.3) is 0 Å². The summed E-state index contributed by atoms with van der Waals surface area (Å²) in [6.07, 6.45) is 8.19. The predicted octanol–water partition coefficient (Wildman–Crippen LogP) is 4.83. The van der Waals surface area contributed by atoms with Gasteiger partial charge in [0.05, 0.1) is 29.6 Å². The lowest BCUT2D eigenvalue weighted by molar-refractivity contribution is 0.598. The Morgan fingerprint density at radius 3 is 2.86 bits per heavy atom. The molecule has 6 nitrogen and oxygen atoms in total. The number of aromatic nitrogens is 2. The van der Waals surface area contributed by atoms with Crippen molar-refractivity contribution in [2.24, 2.45) is 7.05 Å². The van der Waals surface area contributed by atoms with Crippen LogP contribution in [0.5, 0.6) is 0 Å². The molecule has 0 aliphatic heterocycles. The van der Waals surface area contributed by atoms with Crippen LogP contribution in [0.3, 0.4) is 0 Å². The SMILES string of the molecule is Cc1c(C#N)ccc2c1CCC[C@H]2Nc1ccc(C=N)c(Nc2cnn(C)c2)c1. The van der Waals surface area contributed by atoms with Crippen molar-refractivity contribution in [1.29, 1.82) is 10.7 Å². The van der Waals surface area contributed by atoms with Crippen LogP contribution in [-0.2, 0) is 13.5 Å². The van der Waals surface area contributed by atoms with E-state index in [9.17, 15) is 5.26 Å². The maximum absolute atomic E-state index is 9.33. The molecule has 3 N–H and O–H groups in total. The Hall–Kier alpha value is -3.59. The molecule has 0 bridgehead atoms. The monoisotopic (exact) mass is 384 g/mol. The highest BCUT2D eigenvalue weighted by Gasteiger charge is 2.22. The number of rotatable bonds is 5. The molecule has 6 heteroatoms. The Balaban J connectivity index is 1.62. The standard InChI is InChI=1S/C23H24N6/c1-15-16(11-24)7-9-21-20(15)4-3-5-22(21)27-18-8-6-17(12-25)23(10-18)28-19-13-26-29(2)14-19/h6-10,12-14,22,25,27-28H,3-5H2,1-2H3/t22-/m1/s1. The average molecular weight is 384 g/mol. The Labute approximate surface area is 170 Å². The molecule has 0 fully saturated rings. The number of nitrogens with zero attached hydrogens (tertiary/aromatic N) is 3. The van der Waals surface area contributed by atoms with Gasteiger partial charge in [-0.15, -0.1) is 0 Å². The quantitative estimate of drug-likeness (QED) is 0.550. The first-order valence-corrected chi connectivity index (χ1v) is 9.78. The third-order valence-electron chi connectivity index (χ3n) is 5.58. The normalized spacial score (nSPS) is 15.3. The molecule has 0 spiro atoms. The minimum atomic E-state index is 0.210. The molecule has 3 aromatic rings. The van der Waals surface area contributed by atoms with Crippen molar-refractivity contribution < 1.29 is 0 Å². The van der Waals surface area contributed by atoms with Gasteiger partial charge in [-0.2, -0.15) is 10.4 Å². The molecule has 29 heavy (non-hydrogen) atoms. The number of nitrogens with one attached hydrogen (secondary N) is 3. The number of nitriles is 1. The number of benzene rings is 2. The summed E-state index contributed by atoms with van der Waals surface area (Å²) in [6, 6.07) is 12.5. The minimum absolute atomic E-state index is 0.210. The van der Waals surface area contributed by atoms with E-state index in [0.717, 1.165) is 53.0 Å². The fourth-order valence-corrected chi connectivity index (χ4v) is 4.07. The highest BCUT2D eigenvalue weighted by atomic mass is 15.3. The van der Waals surface area contributed by atoms with E-state index < -0.39 is 0 Å². The molecule has 2 aromatic carbocycles. The zero-order valence-corrected chi connectivity index (χ0v) is 16.7. The van der Waals surface area contributed by atoms with Crippen molar-refractivity contribution >= 4 is 23.3 Å². The van der Waals surface area contributed by atoms with Crippen molar-refractivity contribution in [1.82, 2.24) is 9.78 Å². The van der Waals surface area contributed by atoms with Crippen LogP contribution < -0.4 is 10.6 Å². The third kappa shape index (κ3) is 3.72. The molecular weight excluding hydrogens is 360 g/mol. The van der Waals surface area contributed by atoms with Gasteiger partial charge in [-0.05, 0) is 67.1 Å². The van der Waals surface area contributed by atoms with Crippen LogP contribution >= 0.6 is 0 Å². The van der Waals surface area contributed by atoms with E-state index in [2.05, 4.69) is 34.8 Å².